The van der Waals surface area contributed by atoms with Crippen molar-refractivity contribution in [1.82, 2.24) is 0 Å². The van der Waals surface area contributed by atoms with Gasteiger partial charge in [0.1, 0.15) is 0 Å². The Hall–Kier alpha value is -1.71. The number of hydrogen-bond donors (Lipinski definition) is 0. The normalized spacial score (nSPS) is 12.7. The summed E-state index contributed by atoms with van der Waals surface area (Å²) in [6.45, 7) is 0. The Morgan fingerprint density at radius 1 is 0.400 bits per heavy atom. The molecule has 0 bridgehead atoms. The van der Waals surface area contributed by atoms with Crippen molar-refractivity contribution in [3.8, 4) is 0 Å². The van der Waals surface area contributed by atoms with Crippen LogP contribution in [0.25, 0.3) is 0 Å². The minimum Gasteiger partial charge on any atom is -0.394 e. The number of benzene rings is 3. The molecule has 0 amide bonds. The van der Waals surface area contributed by atoms with Gasteiger partial charge in [0.2, 0.25) is 0 Å². The Kier molecular flexibility index (Phi) is 13.2. The van der Waals surface area contributed by atoms with E-state index < -0.39 is 34.5 Å². The number of rotatable bonds is 18. The molecule has 0 radical (unpaired) electrons. The Labute approximate surface area is 245 Å². The molecule has 3 rings (SSSR count). The molecule has 0 heterocycles. The molecular weight excluding hydrogens is 569 g/mol. The van der Waals surface area contributed by atoms with Crippen LogP contribution in [0.2, 0.25) is 36.3 Å². The van der Waals surface area contributed by atoms with Gasteiger partial charge in [0.05, 0.1) is 0 Å². The molecule has 0 atom stereocenters. The third-order valence-corrected chi connectivity index (χ3v) is 23.7. The summed E-state index contributed by atoms with van der Waals surface area (Å²) >= 11 is 0. The Morgan fingerprint density at radius 2 is 0.625 bits per heavy atom. The fourth-order valence-corrected chi connectivity index (χ4v) is 22.1. The Bertz CT molecular complexity index is 953. The van der Waals surface area contributed by atoms with E-state index in [2.05, 4.69) is 72.8 Å². The first kappa shape index (κ1) is 32.8. The number of hydrogen-bond acceptors (Lipinski definition) is 6. The van der Waals surface area contributed by atoms with Crippen LogP contribution in [-0.2, 0) is 26.6 Å². The maximum Gasteiger partial charge on any atom is 0.371 e. The van der Waals surface area contributed by atoms with E-state index in [9.17, 15) is 0 Å². The zero-order valence-electron chi connectivity index (χ0n) is 24.9. The second-order valence-corrected chi connectivity index (χ2v) is 23.7. The van der Waals surface area contributed by atoms with Gasteiger partial charge < -0.3 is 26.6 Å². The molecule has 0 aliphatic rings. The van der Waals surface area contributed by atoms with E-state index in [1.54, 1.807) is 42.7 Å². The molecule has 3 aromatic carbocycles. The molecule has 3 aromatic rings. The van der Waals surface area contributed by atoms with Gasteiger partial charge in [0, 0.05) is 51.5 Å². The summed E-state index contributed by atoms with van der Waals surface area (Å²) in [6.07, 6.45) is 0. The van der Waals surface area contributed by atoms with Crippen molar-refractivity contribution >= 4 is 50.0 Å². The fraction of sp³-hybridized carbons (Fsp3) is 0.400. The monoisotopic (exact) mass is 614 g/mol. The molecule has 10 heteroatoms. The van der Waals surface area contributed by atoms with Crippen LogP contribution in [0.5, 0.6) is 0 Å². The van der Waals surface area contributed by atoms with E-state index in [0.717, 1.165) is 36.3 Å². The van der Waals surface area contributed by atoms with Crippen molar-refractivity contribution in [2.24, 2.45) is 0 Å². The molecular formula is C30H46O6Si4. The summed E-state index contributed by atoms with van der Waals surface area (Å²) in [5, 5.41) is 3.53. The van der Waals surface area contributed by atoms with Crippen LogP contribution >= 0.6 is 0 Å². The molecule has 0 spiro atoms. The first-order chi connectivity index (χ1) is 19.5. The predicted molar refractivity (Wildman–Crippen MR) is 174 cm³/mol. The highest BCUT2D eigenvalue weighted by atomic mass is 28.4. The van der Waals surface area contributed by atoms with Crippen LogP contribution in [0.15, 0.2) is 91.0 Å². The summed E-state index contributed by atoms with van der Waals surface area (Å²) in [4.78, 5) is 0. The third kappa shape index (κ3) is 7.76. The van der Waals surface area contributed by atoms with Gasteiger partial charge in [-0.05, 0) is 33.7 Å². The zero-order chi connectivity index (χ0) is 28.9. The van der Waals surface area contributed by atoms with E-state index in [4.69, 9.17) is 26.6 Å². The molecule has 0 saturated carbocycles. The maximum absolute atomic E-state index is 6.20. The zero-order valence-corrected chi connectivity index (χ0v) is 29.1. The lowest BCUT2D eigenvalue weighted by Crippen LogP contribution is -2.54. The highest BCUT2D eigenvalue weighted by Crippen LogP contribution is 2.27. The maximum atomic E-state index is 6.20. The van der Waals surface area contributed by atoms with Gasteiger partial charge >= 0.3 is 25.7 Å². The first-order valence-corrected chi connectivity index (χ1v) is 22.5. The van der Waals surface area contributed by atoms with Gasteiger partial charge in [-0.2, -0.15) is 0 Å². The van der Waals surface area contributed by atoms with E-state index in [0.29, 0.717) is 0 Å². The van der Waals surface area contributed by atoms with Crippen LogP contribution < -0.4 is 15.6 Å². The smallest absolute Gasteiger partial charge is 0.371 e. The molecule has 6 nitrogen and oxygen atoms in total. The lowest BCUT2D eigenvalue weighted by Gasteiger charge is -2.33. The van der Waals surface area contributed by atoms with Crippen molar-refractivity contribution in [2.45, 2.75) is 36.3 Å². The molecule has 40 heavy (non-hydrogen) atoms. The highest BCUT2D eigenvalue weighted by Gasteiger charge is 2.43. The van der Waals surface area contributed by atoms with Gasteiger partial charge in [-0.25, -0.2) is 0 Å². The van der Waals surface area contributed by atoms with E-state index in [-0.39, 0.29) is 0 Å². The average Bonchev–Trinajstić information content (AvgIpc) is 3.04. The summed E-state index contributed by atoms with van der Waals surface area (Å²) in [5.74, 6) is 0. The molecule has 218 valence electrons. The van der Waals surface area contributed by atoms with Gasteiger partial charge in [0.15, 0.2) is 0 Å². The SMILES string of the molecule is CO[Si](CC[SiH](CC[Si](OC)(OC)c1ccccc1)CC[Si](OC)(OC)c1ccccc1)(OC)c1ccccc1. The van der Waals surface area contributed by atoms with Crippen LogP contribution in [0.4, 0.5) is 0 Å². The van der Waals surface area contributed by atoms with E-state index in [1.165, 1.54) is 15.6 Å². The molecule has 0 aromatic heterocycles. The molecule has 0 aliphatic heterocycles. The summed E-state index contributed by atoms with van der Waals surface area (Å²) in [5.41, 5.74) is 0. The average molecular weight is 615 g/mol. The first-order valence-electron chi connectivity index (χ1n) is 13.9. The summed E-state index contributed by atoms with van der Waals surface area (Å²) in [7, 11) is 1.74. The largest absolute Gasteiger partial charge is 0.394 e. The minimum atomic E-state index is -2.56. The highest BCUT2D eigenvalue weighted by molar-refractivity contribution is 6.84. The molecule has 0 aliphatic carbocycles. The van der Waals surface area contributed by atoms with Crippen molar-refractivity contribution in [3.63, 3.8) is 0 Å². The van der Waals surface area contributed by atoms with Gasteiger partial charge in [-0.1, -0.05) is 109 Å². The molecule has 0 unspecified atom stereocenters. The van der Waals surface area contributed by atoms with Crippen LogP contribution in [0, 0.1) is 0 Å². The topological polar surface area (TPSA) is 55.4 Å². The van der Waals surface area contributed by atoms with Crippen molar-refractivity contribution in [1.29, 1.82) is 0 Å². The standard InChI is InChI=1S/C30H46O6Si4/c1-31-38(32-2,28-16-10-7-11-17-28)25-22-37(23-26-39(33-3,34-4)29-18-12-8-13-19-29)24-27-40(35-5,36-6)30-20-14-9-15-21-30/h7-21,37H,22-27H2,1-6H3. The van der Waals surface area contributed by atoms with Crippen LogP contribution in [-0.4, -0.2) is 77.1 Å². The third-order valence-electron chi connectivity index (χ3n) is 8.26. The van der Waals surface area contributed by atoms with Gasteiger partial charge in [-0.15, -0.1) is 0 Å². The lowest BCUT2D eigenvalue weighted by atomic mass is 10.4. The molecule has 0 N–H and O–H groups in total. The quantitative estimate of drug-likeness (QED) is 0.201. The van der Waals surface area contributed by atoms with E-state index >= 15 is 0 Å². The summed E-state index contributed by atoms with van der Waals surface area (Å²) < 4.78 is 37.2. The van der Waals surface area contributed by atoms with Crippen molar-refractivity contribution < 1.29 is 26.6 Å². The minimum absolute atomic E-state index is 0.917. The van der Waals surface area contributed by atoms with Gasteiger partial charge in [-0.3, -0.25) is 0 Å². The van der Waals surface area contributed by atoms with Gasteiger partial charge in [0.25, 0.3) is 0 Å². The Morgan fingerprint density at radius 3 is 0.825 bits per heavy atom. The fourth-order valence-electron chi connectivity index (χ4n) is 5.69. The summed E-state index contributed by atoms with van der Waals surface area (Å²) in [6, 6.07) is 37.4. The van der Waals surface area contributed by atoms with E-state index in [1.807, 2.05) is 18.2 Å². The van der Waals surface area contributed by atoms with Crippen molar-refractivity contribution in [3.05, 3.63) is 91.0 Å². The van der Waals surface area contributed by atoms with Crippen LogP contribution in [0.3, 0.4) is 0 Å². The predicted octanol–water partition coefficient (Wildman–Crippen LogP) is 4.14. The lowest BCUT2D eigenvalue weighted by molar-refractivity contribution is 0.258. The molecule has 0 saturated heterocycles. The molecule has 0 fully saturated rings. The van der Waals surface area contributed by atoms with Crippen molar-refractivity contribution in [2.75, 3.05) is 42.7 Å². The van der Waals surface area contributed by atoms with Crippen LogP contribution in [0.1, 0.15) is 0 Å². The second kappa shape index (κ2) is 16.1. The second-order valence-electron chi connectivity index (χ2n) is 10.1. The Balaban J connectivity index is 1.87.